The number of unbranched alkanes of at least 4 members (excludes halogenated alkanes) is 1. The fraction of sp³-hybridized carbons (Fsp3) is 0.429. The maximum atomic E-state index is 12.3. The molecule has 0 spiro atoms. The van der Waals surface area contributed by atoms with Gasteiger partial charge in [0.15, 0.2) is 0 Å². The van der Waals surface area contributed by atoms with E-state index in [0.29, 0.717) is 18.8 Å². The Morgan fingerprint density at radius 3 is 2.77 bits per heavy atom. The summed E-state index contributed by atoms with van der Waals surface area (Å²) in [7, 11) is 1.78. The summed E-state index contributed by atoms with van der Waals surface area (Å²) < 4.78 is 7.34. The van der Waals surface area contributed by atoms with Crippen molar-refractivity contribution in [3.63, 3.8) is 0 Å². The predicted molar refractivity (Wildman–Crippen MR) is 103 cm³/mol. The maximum absolute atomic E-state index is 12.3. The zero-order chi connectivity index (χ0) is 18.8. The second-order valence-electron chi connectivity index (χ2n) is 6.03. The summed E-state index contributed by atoms with van der Waals surface area (Å²) in [6, 6.07) is 9.59. The number of hydrogen-bond acceptors (Lipinski definition) is 3. The smallest absolute Gasteiger partial charge is 0.269 e. The van der Waals surface area contributed by atoms with Gasteiger partial charge >= 0.3 is 0 Å². The molecule has 26 heavy (non-hydrogen) atoms. The Balaban J connectivity index is 1.85. The quantitative estimate of drug-likeness (QED) is 0.584. The number of aryl methyl sites for hydroxylation is 2. The van der Waals surface area contributed by atoms with Gasteiger partial charge in [-0.3, -0.25) is 9.48 Å². The van der Waals surface area contributed by atoms with Crippen molar-refractivity contribution in [3.05, 3.63) is 47.3 Å². The van der Waals surface area contributed by atoms with Crippen LogP contribution in [0.5, 0.6) is 5.75 Å². The Labute approximate surface area is 155 Å². The van der Waals surface area contributed by atoms with Gasteiger partial charge in [-0.1, -0.05) is 31.9 Å². The first kappa shape index (κ1) is 19.6. The minimum Gasteiger partial charge on any atom is -0.493 e. The van der Waals surface area contributed by atoms with Crippen molar-refractivity contribution >= 4 is 5.91 Å². The van der Waals surface area contributed by atoms with E-state index in [1.54, 1.807) is 11.7 Å². The summed E-state index contributed by atoms with van der Waals surface area (Å²) >= 11 is 0. The summed E-state index contributed by atoms with van der Waals surface area (Å²) in [4.78, 5) is 12.3. The minimum absolute atomic E-state index is 0.128. The number of rotatable bonds is 8. The molecule has 0 fully saturated rings. The van der Waals surface area contributed by atoms with Crippen molar-refractivity contribution in [3.8, 4) is 17.6 Å². The van der Waals surface area contributed by atoms with Crippen LogP contribution in [0.1, 0.15) is 54.9 Å². The highest BCUT2D eigenvalue weighted by Crippen LogP contribution is 2.14. The highest BCUT2D eigenvalue weighted by atomic mass is 16.5. The Morgan fingerprint density at radius 1 is 1.23 bits per heavy atom. The standard InChI is InChI=1S/C21H27N3O2/c1-4-6-7-8-9-13-26-19-12-10-11-17(14-19)16-22-21(25)20-15-18(5-2)23-24(20)3/h10-12,14-15H,4-6,9,13,16H2,1-3H3,(H,22,25). The molecule has 1 amide bonds. The van der Waals surface area contributed by atoms with Gasteiger partial charge in [-0.15, -0.1) is 5.92 Å². The zero-order valence-corrected chi connectivity index (χ0v) is 15.8. The number of carbonyl (C=O) groups excluding carboxylic acids is 1. The molecule has 0 bridgehead atoms. The van der Waals surface area contributed by atoms with E-state index in [2.05, 4.69) is 29.2 Å². The fourth-order valence-corrected chi connectivity index (χ4v) is 2.45. The van der Waals surface area contributed by atoms with Gasteiger partial charge in [0.05, 0.1) is 12.3 Å². The number of nitrogens with one attached hydrogen (secondary N) is 1. The number of benzene rings is 1. The average Bonchev–Trinajstić information content (AvgIpc) is 3.04. The van der Waals surface area contributed by atoms with Crippen LogP contribution >= 0.6 is 0 Å². The van der Waals surface area contributed by atoms with E-state index in [1.165, 1.54) is 0 Å². The summed E-state index contributed by atoms with van der Waals surface area (Å²) in [5.41, 5.74) is 2.47. The van der Waals surface area contributed by atoms with Gasteiger partial charge in [0.1, 0.15) is 11.4 Å². The van der Waals surface area contributed by atoms with Crippen molar-refractivity contribution < 1.29 is 9.53 Å². The van der Waals surface area contributed by atoms with Crippen LogP contribution in [0.15, 0.2) is 30.3 Å². The molecule has 2 aromatic rings. The Kier molecular flexibility index (Phi) is 7.75. The second-order valence-corrected chi connectivity index (χ2v) is 6.03. The molecular weight excluding hydrogens is 326 g/mol. The predicted octanol–water partition coefficient (Wildman–Crippen LogP) is 3.48. The first-order valence-corrected chi connectivity index (χ1v) is 9.12. The number of hydrogen-bond donors (Lipinski definition) is 1. The van der Waals surface area contributed by atoms with E-state index in [0.717, 1.165) is 42.7 Å². The number of aromatic nitrogens is 2. The van der Waals surface area contributed by atoms with Crippen LogP contribution in [0.4, 0.5) is 0 Å². The lowest BCUT2D eigenvalue weighted by atomic mass is 10.2. The molecule has 0 aliphatic heterocycles. The molecule has 2 rings (SSSR count). The monoisotopic (exact) mass is 353 g/mol. The van der Waals surface area contributed by atoms with Gasteiger partial charge in [0.2, 0.25) is 0 Å². The maximum Gasteiger partial charge on any atom is 0.269 e. The van der Waals surface area contributed by atoms with Gasteiger partial charge in [0.25, 0.3) is 5.91 Å². The number of ether oxygens (including phenoxy) is 1. The molecular formula is C21H27N3O2. The van der Waals surface area contributed by atoms with E-state index >= 15 is 0 Å². The normalized spacial score (nSPS) is 10.1. The van der Waals surface area contributed by atoms with Crippen molar-refractivity contribution in [2.24, 2.45) is 7.05 Å². The van der Waals surface area contributed by atoms with E-state index in [9.17, 15) is 4.79 Å². The molecule has 0 unspecified atom stereocenters. The first-order valence-electron chi connectivity index (χ1n) is 9.12. The largest absolute Gasteiger partial charge is 0.493 e. The Morgan fingerprint density at radius 2 is 2.04 bits per heavy atom. The van der Waals surface area contributed by atoms with Gasteiger partial charge < -0.3 is 10.1 Å². The minimum atomic E-state index is -0.128. The van der Waals surface area contributed by atoms with Crippen molar-refractivity contribution in [2.75, 3.05) is 6.61 Å². The molecule has 0 aliphatic carbocycles. The average molecular weight is 353 g/mol. The topological polar surface area (TPSA) is 56.1 Å². The molecule has 138 valence electrons. The highest BCUT2D eigenvalue weighted by molar-refractivity contribution is 5.92. The Bertz CT molecular complexity index is 784. The van der Waals surface area contributed by atoms with Crippen LogP contribution in [0.25, 0.3) is 0 Å². The number of amides is 1. The van der Waals surface area contributed by atoms with Crippen LogP contribution in [0.3, 0.4) is 0 Å². The van der Waals surface area contributed by atoms with Crippen molar-refractivity contribution in [1.29, 1.82) is 0 Å². The molecule has 1 aromatic carbocycles. The zero-order valence-electron chi connectivity index (χ0n) is 15.8. The summed E-state index contributed by atoms with van der Waals surface area (Å²) in [5, 5.41) is 7.24. The van der Waals surface area contributed by atoms with Crippen LogP contribution < -0.4 is 10.1 Å². The summed E-state index contributed by atoms with van der Waals surface area (Å²) in [5.74, 6) is 6.87. The molecule has 1 heterocycles. The molecule has 0 aliphatic rings. The molecule has 1 N–H and O–H groups in total. The number of nitrogens with zero attached hydrogens (tertiary/aromatic N) is 2. The second kappa shape index (κ2) is 10.3. The lowest BCUT2D eigenvalue weighted by Gasteiger charge is -2.08. The molecule has 0 saturated carbocycles. The van der Waals surface area contributed by atoms with E-state index in [-0.39, 0.29) is 5.91 Å². The Hall–Kier alpha value is -2.74. The van der Waals surface area contributed by atoms with Gasteiger partial charge in [-0.25, -0.2) is 0 Å². The molecule has 0 radical (unpaired) electrons. The molecule has 0 atom stereocenters. The molecule has 1 aromatic heterocycles. The van der Waals surface area contributed by atoms with E-state index in [1.807, 2.05) is 37.3 Å². The molecule has 5 heteroatoms. The van der Waals surface area contributed by atoms with Crippen LogP contribution in [-0.4, -0.2) is 22.3 Å². The third-order valence-corrected chi connectivity index (χ3v) is 3.87. The van der Waals surface area contributed by atoms with Crippen LogP contribution in [-0.2, 0) is 20.0 Å². The van der Waals surface area contributed by atoms with Crippen molar-refractivity contribution in [2.45, 2.75) is 46.1 Å². The summed E-state index contributed by atoms with van der Waals surface area (Å²) in [6.07, 6.45) is 3.55. The number of carbonyl (C=O) groups is 1. The lowest BCUT2D eigenvalue weighted by molar-refractivity contribution is 0.0941. The van der Waals surface area contributed by atoms with E-state index in [4.69, 9.17) is 4.74 Å². The third kappa shape index (κ3) is 5.96. The van der Waals surface area contributed by atoms with E-state index < -0.39 is 0 Å². The van der Waals surface area contributed by atoms with Crippen LogP contribution in [0.2, 0.25) is 0 Å². The lowest BCUT2D eigenvalue weighted by Crippen LogP contribution is -2.25. The molecule has 0 saturated heterocycles. The van der Waals surface area contributed by atoms with Gasteiger partial charge in [0, 0.05) is 26.4 Å². The fourth-order valence-electron chi connectivity index (χ4n) is 2.45. The van der Waals surface area contributed by atoms with Gasteiger partial charge in [-0.05, 0) is 36.6 Å². The SMILES string of the molecule is CCCC#CCCOc1cccc(CNC(=O)c2cc(CC)nn2C)c1. The van der Waals surface area contributed by atoms with Crippen LogP contribution in [0, 0.1) is 11.8 Å². The molecule has 5 nitrogen and oxygen atoms in total. The first-order chi connectivity index (χ1) is 12.6. The highest BCUT2D eigenvalue weighted by Gasteiger charge is 2.12. The summed E-state index contributed by atoms with van der Waals surface area (Å²) in [6.45, 7) is 5.15. The third-order valence-electron chi connectivity index (χ3n) is 3.87. The van der Waals surface area contributed by atoms with Gasteiger partial charge in [-0.2, -0.15) is 5.10 Å². The van der Waals surface area contributed by atoms with Crippen molar-refractivity contribution in [1.82, 2.24) is 15.1 Å².